The first-order chi connectivity index (χ1) is 13.5. The van der Waals surface area contributed by atoms with E-state index >= 15 is 0 Å². The lowest BCUT2D eigenvalue weighted by atomic mass is 10.1. The van der Waals surface area contributed by atoms with E-state index in [2.05, 4.69) is 38.3 Å². The molecule has 0 unspecified atom stereocenters. The van der Waals surface area contributed by atoms with Crippen LogP contribution in [0.4, 0.5) is 5.13 Å². The van der Waals surface area contributed by atoms with Gasteiger partial charge in [-0.05, 0) is 36.6 Å². The van der Waals surface area contributed by atoms with Gasteiger partial charge in [-0.3, -0.25) is 0 Å². The van der Waals surface area contributed by atoms with E-state index in [-0.39, 0.29) is 5.25 Å². The fraction of sp³-hybridized carbons (Fsp3) is 0.286. The lowest BCUT2D eigenvalue weighted by Gasteiger charge is -2.31. The molecule has 1 aliphatic heterocycles. The molecule has 0 N–H and O–H groups in total. The number of thiazole rings is 1. The monoisotopic (exact) mass is 476 g/mol. The second-order valence-electron chi connectivity index (χ2n) is 6.97. The van der Waals surface area contributed by atoms with Crippen LogP contribution in [0, 0.1) is 0 Å². The van der Waals surface area contributed by atoms with Gasteiger partial charge in [-0.2, -0.15) is 0 Å². The third kappa shape index (κ3) is 4.31. The first-order valence-electron chi connectivity index (χ1n) is 9.25. The van der Waals surface area contributed by atoms with Crippen LogP contribution in [0.2, 0.25) is 0 Å². The SMILES string of the molecule is O=S(=O)(c1cccc(Br)c1)C1CCN(c2nc(Cc3ccccc3)cs2)CC1. The van der Waals surface area contributed by atoms with Crippen LogP contribution >= 0.6 is 27.3 Å². The molecule has 0 bridgehead atoms. The average molecular weight is 477 g/mol. The summed E-state index contributed by atoms with van der Waals surface area (Å²) in [5.41, 5.74) is 2.31. The number of sulfone groups is 1. The Hall–Kier alpha value is -1.70. The van der Waals surface area contributed by atoms with Gasteiger partial charge in [0.05, 0.1) is 15.8 Å². The molecule has 1 aliphatic rings. The third-order valence-corrected chi connectivity index (χ3v) is 8.75. The number of piperidine rings is 1. The van der Waals surface area contributed by atoms with Crippen LogP contribution < -0.4 is 4.90 Å². The van der Waals surface area contributed by atoms with E-state index in [1.54, 1.807) is 29.5 Å². The Labute approximate surface area is 178 Å². The van der Waals surface area contributed by atoms with Crippen molar-refractivity contribution >= 4 is 42.2 Å². The van der Waals surface area contributed by atoms with Crippen molar-refractivity contribution in [2.45, 2.75) is 29.4 Å². The van der Waals surface area contributed by atoms with Gasteiger partial charge in [-0.15, -0.1) is 11.3 Å². The van der Waals surface area contributed by atoms with Gasteiger partial charge in [0.15, 0.2) is 15.0 Å². The highest BCUT2D eigenvalue weighted by Gasteiger charge is 2.32. The molecule has 0 amide bonds. The molecule has 1 saturated heterocycles. The number of halogens is 1. The Morgan fingerprint density at radius 3 is 2.54 bits per heavy atom. The minimum Gasteiger partial charge on any atom is -0.348 e. The Balaban J connectivity index is 1.40. The Kier molecular flexibility index (Phi) is 5.85. The van der Waals surface area contributed by atoms with Crippen molar-refractivity contribution in [2.75, 3.05) is 18.0 Å². The molecule has 146 valence electrons. The van der Waals surface area contributed by atoms with Gasteiger partial charge < -0.3 is 4.90 Å². The number of nitrogens with zero attached hydrogens (tertiary/aromatic N) is 2. The summed E-state index contributed by atoms with van der Waals surface area (Å²) in [5, 5.41) is 2.76. The summed E-state index contributed by atoms with van der Waals surface area (Å²) in [4.78, 5) is 7.39. The maximum absolute atomic E-state index is 12.9. The van der Waals surface area contributed by atoms with Crippen LogP contribution in [0.15, 0.2) is 69.3 Å². The van der Waals surface area contributed by atoms with Crippen molar-refractivity contribution in [3.63, 3.8) is 0 Å². The molecule has 0 atom stereocenters. The molecule has 3 aromatic rings. The van der Waals surface area contributed by atoms with Crippen LogP contribution in [0.25, 0.3) is 0 Å². The van der Waals surface area contributed by atoms with E-state index in [0.29, 0.717) is 17.7 Å². The van der Waals surface area contributed by atoms with Gasteiger partial charge in [0, 0.05) is 29.4 Å². The van der Waals surface area contributed by atoms with Gasteiger partial charge >= 0.3 is 0 Å². The smallest absolute Gasteiger partial charge is 0.185 e. The quantitative estimate of drug-likeness (QED) is 0.523. The number of aromatic nitrogens is 1. The molecular weight excluding hydrogens is 456 g/mol. The van der Waals surface area contributed by atoms with Crippen molar-refractivity contribution in [3.05, 3.63) is 75.7 Å². The van der Waals surface area contributed by atoms with Crippen molar-refractivity contribution in [1.29, 1.82) is 0 Å². The summed E-state index contributed by atoms with van der Waals surface area (Å²) in [6, 6.07) is 17.3. The molecule has 0 spiro atoms. The Morgan fingerprint density at radius 1 is 1.07 bits per heavy atom. The van der Waals surface area contributed by atoms with E-state index in [4.69, 9.17) is 4.98 Å². The molecule has 2 heterocycles. The number of anilines is 1. The minimum absolute atomic E-state index is 0.332. The van der Waals surface area contributed by atoms with E-state index in [1.807, 2.05) is 24.3 Å². The lowest BCUT2D eigenvalue weighted by molar-refractivity contribution is 0.529. The number of benzene rings is 2. The summed E-state index contributed by atoms with van der Waals surface area (Å²) in [7, 11) is -3.30. The fourth-order valence-corrected chi connectivity index (χ4v) is 6.73. The Bertz CT molecular complexity index is 1040. The van der Waals surface area contributed by atoms with Gasteiger partial charge in [0.1, 0.15) is 0 Å². The number of rotatable bonds is 5. The highest BCUT2D eigenvalue weighted by molar-refractivity contribution is 9.10. The molecule has 2 aromatic carbocycles. The summed E-state index contributed by atoms with van der Waals surface area (Å²) < 4.78 is 26.7. The van der Waals surface area contributed by atoms with Crippen LogP contribution in [0.3, 0.4) is 0 Å². The topological polar surface area (TPSA) is 50.3 Å². The zero-order valence-corrected chi connectivity index (χ0v) is 18.5. The zero-order valence-electron chi connectivity index (χ0n) is 15.3. The van der Waals surface area contributed by atoms with Crippen molar-refractivity contribution in [3.8, 4) is 0 Å². The maximum Gasteiger partial charge on any atom is 0.185 e. The summed E-state index contributed by atoms with van der Waals surface area (Å²) in [5.74, 6) is 0. The third-order valence-electron chi connectivity index (χ3n) is 5.04. The van der Waals surface area contributed by atoms with Crippen molar-refractivity contribution in [1.82, 2.24) is 4.98 Å². The average Bonchev–Trinajstić information content (AvgIpc) is 3.17. The minimum atomic E-state index is -3.30. The number of hydrogen-bond acceptors (Lipinski definition) is 5. The highest BCUT2D eigenvalue weighted by Crippen LogP contribution is 2.30. The number of hydrogen-bond donors (Lipinski definition) is 0. The summed E-state index contributed by atoms with van der Waals surface area (Å²) in [6.07, 6.45) is 2.08. The van der Waals surface area contributed by atoms with Crippen LogP contribution in [-0.4, -0.2) is 31.7 Å². The molecule has 1 aromatic heterocycles. The summed E-state index contributed by atoms with van der Waals surface area (Å²) >= 11 is 5.01. The first kappa shape index (κ1) is 19.6. The van der Waals surface area contributed by atoms with Crippen LogP contribution in [0.1, 0.15) is 24.1 Å². The maximum atomic E-state index is 12.9. The highest BCUT2D eigenvalue weighted by atomic mass is 79.9. The van der Waals surface area contributed by atoms with Gasteiger partial charge in [0.2, 0.25) is 0 Å². The zero-order chi connectivity index (χ0) is 19.6. The van der Waals surface area contributed by atoms with E-state index in [1.165, 1.54) is 5.56 Å². The van der Waals surface area contributed by atoms with Gasteiger partial charge in [-0.1, -0.05) is 52.3 Å². The van der Waals surface area contributed by atoms with Gasteiger partial charge in [-0.25, -0.2) is 13.4 Å². The second-order valence-corrected chi connectivity index (χ2v) is 11.0. The van der Waals surface area contributed by atoms with Crippen LogP contribution in [0.5, 0.6) is 0 Å². The van der Waals surface area contributed by atoms with Crippen LogP contribution in [-0.2, 0) is 16.3 Å². The normalized spacial score (nSPS) is 15.7. The standard InChI is InChI=1S/C21H21BrN2O2S2/c22-17-7-4-8-20(14-17)28(25,26)19-9-11-24(12-10-19)21-23-18(15-27-21)13-16-5-2-1-3-6-16/h1-8,14-15,19H,9-13H2. The Morgan fingerprint density at radius 2 is 1.82 bits per heavy atom. The molecule has 7 heteroatoms. The van der Waals surface area contributed by atoms with E-state index < -0.39 is 9.84 Å². The molecule has 1 fully saturated rings. The van der Waals surface area contributed by atoms with Crippen molar-refractivity contribution in [2.24, 2.45) is 0 Å². The fourth-order valence-electron chi connectivity index (χ4n) is 3.52. The molecule has 0 aliphatic carbocycles. The largest absolute Gasteiger partial charge is 0.348 e. The summed E-state index contributed by atoms with van der Waals surface area (Å²) in [6.45, 7) is 1.44. The van der Waals surface area contributed by atoms with E-state index in [0.717, 1.165) is 34.8 Å². The van der Waals surface area contributed by atoms with Gasteiger partial charge in [0.25, 0.3) is 0 Å². The molecule has 0 radical (unpaired) electrons. The van der Waals surface area contributed by atoms with E-state index in [9.17, 15) is 8.42 Å². The molecule has 4 rings (SSSR count). The second kappa shape index (κ2) is 8.35. The van der Waals surface area contributed by atoms with Crippen molar-refractivity contribution < 1.29 is 8.42 Å². The molecule has 28 heavy (non-hydrogen) atoms. The lowest BCUT2D eigenvalue weighted by Crippen LogP contribution is -2.39. The molecule has 0 saturated carbocycles. The predicted molar refractivity (Wildman–Crippen MR) is 118 cm³/mol. The molecular formula is C21H21BrN2O2S2. The first-order valence-corrected chi connectivity index (χ1v) is 12.5. The molecule has 4 nitrogen and oxygen atoms in total. The predicted octanol–water partition coefficient (Wildman–Crippen LogP) is 4.94.